The van der Waals surface area contributed by atoms with Gasteiger partial charge in [0.05, 0.1) is 12.5 Å². The lowest BCUT2D eigenvalue weighted by molar-refractivity contribution is -0.214. The number of methoxy groups -OCH3 is 1. The predicted molar refractivity (Wildman–Crippen MR) is 177 cm³/mol. The maximum Gasteiger partial charge on any atom is 0.313 e. The minimum absolute atomic E-state index is 0.00786. The van der Waals surface area contributed by atoms with Crippen LogP contribution >= 0.6 is 0 Å². The molecule has 5 nitrogen and oxygen atoms in total. The van der Waals surface area contributed by atoms with Crippen molar-refractivity contribution in [1.29, 1.82) is 0 Å². The molecule has 10 atom stereocenters. The highest BCUT2D eigenvalue weighted by Crippen LogP contribution is 2.76. The van der Waals surface area contributed by atoms with Crippen LogP contribution in [0.1, 0.15) is 119 Å². The first-order valence-electron chi connectivity index (χ1n) is 17.8. The van der Waals surface area contributed by atoms with E-state index in [0.29, 0.717) is 30.3 Å². The van der Waals surface area contributed by atoms with Gasteiger partial charge in [0.25, 0.3) is 0 Å². The largest absolute Gasteiger partial charge is 0.497 e. The van der Waals surface area contributed by atoms with Crippen LogP contribution in [0, 0.1) is 56.7 Å². The molecule has 0 heterocycles. The normalized spacial score (nSPS) is 43.4. The molecule has 1 aromatic carbocycles. The van der Waals surface area contributed by atoms with Gasteiger partial charge in [0.1, 0.15) is 18.5 Å². The van der Waals surface area contributed by atoms with E-state index in [1.807, 2.05) is 24.3 Å². The van der Waals surface area contributed by atoms with E-state index in [1.165, 1.54) is 12.8 Å². The number of allylic oxidation sites excluding steroid dienone is 2. The van der Waals surface area contributed by atoms with Gasteiger partial charge in [-0.25, -0.2) is 0 Å². The third-order valence-electron chi connectivity index (χ3n) is 15.2. The molecule has 1 unspecified atom stereocenters. The van der Waals surface area contributed by atoms with Crippen molar-refractivity contribution in [2.45, 2.75) is 126 Å². The van der Waals surface area contributed by atoms with Crippen LogP contribution in [0.4, 0.5) is 0 Å². The second kappa shape index (κ2) is 11.2. The van der Waals surface area contributed by atoms with E-state index < -0.39 is 5.41 Å². The number of carbonyl (C=O) groups is 2. The number of benzene rings is 1. The second-order valence-electron chi connectivity index (χ2n) is 17.2. The zero-order chi connectivity index (χ0) is 32.6. The van der Waals surface area contributed by atoms with Crippen LogP contribution in [0.5, 0.6) is 5.75 Å². The molecule has 5 heteroatoms. The number of ether oxygens (including phenoxy) is 3. The highest BCUT2D eigenvalue weighted by atomic mass is 16.5. The summed E-state index contributed by atoms with van der Waals surface area (Å²) in [7, 11) is 1.67. The fourth-order valence-electron chi connectivity index (χ4n) is 12.2. The summed E-state index contributed by atoms with van der Waals surface area (Å²) in [5.41, 5.74) is 2.48. The molecule has 0 radical (unpaired) electrons. The van der Waals surface area contributed by atoms with Crippen molar-refractivity contribution in [3.8, 4) is 5.75 Å². The summed E-state index contributed by atoms with van der Waals surface area (Å²) >= 11 is 0. The highest BCUT2D eigenvalue weighted by molar-refractivity contribution is 5.79. The Morgan fingerprint density at radius 3 is 2.24 bits per heavy atom. The van der Waals surface area contributed by atoms with Crippen molar-refractivity contribution in [3.63, 3.8) is 0 Å². The summed E-state index contributed by atoms with van der Waals surface area (Å²) in [6.45, 7) is 19.1. The van der Waals surface area contributed by atoms with E-state index in [0.717, 1.165) is 56.3 Å². The van der Waals surface area contributed by atoms with Crippen LogP contribution < -0.4 is 4.74 Å². The Balaban J connectivity index is 1.32. The molecule has 4 saturated carbocycles. The molecule has 0 aromatic heterocycles. The zero-order valence-electron chi connectivity index (χ0n) is 29.5. The predicted octanol–water partition coefficient (Wildman–Crippen LogP) is 9.33. The number of fused-ring (bicyclic) bond motifs is 7. The Hall–Kier alpha value is -2.30. The molecule has 4 fully saturated rings. The molecule has 0 saturated heterocycles. The Labute approximate surface area is 272 Å². The summed E-state index contributed by atoms with van der Waals surface area (Å²) in [6.07, 6.45) is 12.1. The Morgan fingerprint density at radius 1 is 0.867 bits per heavy atom. The lowest BCUT2D eigenvalue weighted by Gasteiger charge is -2.71. The smallest absolute Gasteiger partial charge is 0.313 e. The molecule has 5 aliphatic carbocycles. The van der Waals surface area contributed by atoms with Crippen molar-refractivity contribution in [2.24, 2.45) is 56.7 Å². The van der Waals surface area contributed by atoms with Gasteiger partial charge < -0.3 is 14.2 Å². The number of rotatable bonds is 5. The first-order valence-corrected chi connectivity index (χ1v) is 17.8. The van der Waals surface area contributed by atoms with Crippen LogP contribution in [0.15, 0.2) is 35.9 Å². The topological polar surface area (TPSA) is 61.8 Å². The lowest BCUT2D eigenvalue weighted by Crippen LogP contribution is -2.65. The first-order chi connectivity index (χ1) is 21.1. The van der Waals surface area contributed by atoms with Gasteiger partial charge >= 0.3 is 11.9 Å². The van der Waals surface area contributed by atoms with E-state index in [1.54, 1.807) is 19.6 Å². The molecular weight excluding hydrogens is 560 g/mol. The molecule has 1 aromatic rings. The van der Waals surface area contributed by atoms with E-state index in [-0.39, 0.29) is 45.6 Å². The summed E-state index contributed by atoms with van der Waals surface area (Å²) < 4.78 is 17.5. The molecule has 0 amide bonds. The zero-order valence-corrected chi connectivity index (χ0v) is 29.5. The van der Waals surface area contributed by atoms with Crippen molar-refractivity contribution >= 4 is 11.9 Å². The average molecular weight is 619 g/mol. The number of hydrogen-bond acceptors (Lipinski definition) is 5. The van der Waals surface area contributed by atoms with Crippen LogP contribution in [-0.2, 0) is 25.7 Å². The number of hydrogen-bond donors (Lipinski definition) is 0. The monoisotopic (exact) mass is 618 g/mol. The summed E-state index contributed by atoms with van der Waals surface area (Å²) in [5.74, 6) is 3.00. The standard InChI is InChI=1S/C40H58O5/c1-25-16-21-40(35(42)44-24-28-10-12-29(43-9)13-11-28)23-22-38(7)30(34(40)26(25)2)14-15-32-37(6)19-18-33(45-27(3)41)36(4,5)31(37)17-20-39(32,38)8/h10-14,25-26,31-34H,15-24H2,1-9H3/t25-,26+,31-,32-,33-,34?,37+,38-,39-,40+/m1/s1. The van der Waals surface area contributed by atoms with Gasteiger partial charge in [-0.15, -0.1) is 0 Å². The summed E-state index contributed by atoms with van der Waals surface area (Å²) in [6, 6.07) is 7.86. The lowest BCUT2D eigenvalue weighted by atomic mass is 9.33. The molecule has 0 aliphatic heterocycles. The van der Waals surface area contributed by atoms with Gasteiger partial charge in [-0.05, 0) is 121 Å². The second-order valence-corrected chi connectivity index (χ2v) is 17.2. The third-order valence-corrected chi connectivity index (χ3v) is 15.2. The van der Waals surface area contributed by atoms with Crippen molar-refractivity contribution < 1.29 is 23.8 Å². The van der Waals surface area contributed by atoms with Crippen molar-refractivity contribution in [1.82, 2.24) is 0 Å². The van der Waals surface area contributed by atoms with Crippen LogP contribution in [0.25, 0.3) is 0 Å². The fraction of sp³-hybridized carbons (Fsp3) is 0.750. The molecule has 0 N–H and O–H groups in total. The van der Waals surface area contributed by atoms with E-state index in [4.69, 9.17) is 14.2 Å². The SMILES string of the molecule is COc1ccc(COC(=O)[C@]23CC[C@@H](C)[C@H](C)C2C2=CC[C@@H]4[C@@]5(C)CC[C@@H](OC(C)=O)C(C)(C)[C@H]5CC[C@@]4(C)[C@]2(C)CC3)cc1. The Morgan fingerprint density at radius 2 is 1.58 bits per heavy atom. The van der Waals surface area contributed by atoms with Crippen LogP contribution in [0.2, 0.25) is 0 Å². The molecule has 248 valence electrons. The van der Waals surface area contributed by atoms with Crippen molar-refractivity contribution in [3.05, 3.63) is 41.5 Å². The summed E-state index contributed by atoms with van der Waals surface area (Å²) in [4.78, 5) is 26.4. The van der Waals surface area contributed by atoms with Gasteiger partial charge in [0.15, 0.2) is 0 Å². The first kappa shape index (κ1) is 32.6. The average Bonchev–Trinajstić information content (AvgIpc) is 2.99. The Bertz CT molecular complexity index is 1340. The van der Waals surface area contributed by atoms with Crippen LogP contribution in [-0.4, -0.2) is 25.2 Å². The molecule has 45 heavy (non-hydrogen) atoms. The van der Waals surface area contributed by atoms with E-state index in [2.05, 4.69) is 54.5 Å². The maximum absolute atomic E-state index is 14.4. The molecular formula is C40H58O5. The number of esters is 2. The molecule has 0 bridgehead atoms. The maximum atomic E-state index is 14.4. The Kier molecular flexibility index (Phi) is 8.09. The summed E-state index contributed by atoms with van der Waals surface area (Å²) in [5, 5.41) is 0. The van der Waals surface area contributed by atoms with Gasteiger partial charge in [-0.2, -0.15) is 0 Å². The van der Waals surface area contributed by atoms with E-state index >= 15 is 0 Å². The van der Waals surface area contributed by atoms with Crippen molar-refractivity contribution in [2.75, 3.05) is 7.11 Å². The minimum Gasteiger partial charge on any atom is -0.497 e. The third kappa shape index (κ3) is 4.74. The molecule has 0 spiro atoms. The fourth-order valence-corrected chi connectivity index (χ4v) is 12.2. The van der Waals surface area contributed by atoms with Gasteiger partial charge in [-0.1, -0.05) is 72.2 Å². The van der Waals surface area contributed by atoms with Gasteiger partial charge in [0, 0.05) is 12.3 Å². The number of carbonyl (C=O) groups excluding carboxylic acids is 2. The molecule has 5 aliphatic rings. The minimum atomic E-state index is -0.446. The van der Waals surface area contributed by atoms with Crippen LogP contribution in [0.3, 0.4) is 0 Å². The van der Waals surface area contributed by atoms with E-state index in [9.17, 15) is 9.59 Å². The van der Waals surface area contributed by atoms with Gasteiger partial charge in [-0.3, -0.25) is 9.59 Å². The van der Waals surface area contributed by atoms with Gasteiger partial charge in [0.2, 0.25) is 0 Å². The highest BCUT2D eigenvalue weighted by Gasteiger charge is 2.70. The molecule has 6 rings (SSSR count). The quantitative estimate of drug-likeness (QED) is 0.243.